The van der Waals surface area contributed by atoms with Gasteiger partial charge in [-0.1, -0.05) is 5.92 Å². The highest BCUT2D eigenvalue weighted by Crippen LogP contribution is 2.23. The van der Waals surface area contributed by atoms with Crippen molar-refractivity contribution in [3.63, 3.8) is 0 Å². The highest BCUT2D eigenvalue weighted by Gasteiger charge is 2.24. The van der Waals surface area contributed by atoms with Gasteiger partial charge in [0.15, 0.2) is 0 Å². The molecule has 0 atom stereocenters. The van der Waals surface area contributed by atoms with Gasteiger partial charge in [-0.15, -0.1) is 6.42 Å². The summed E-state index contributed by atoms with van der Waals surface area (Å²) in [6.07, 6.45) is 10.2. The molecule has 1 aromatic heterocycles. The van der Waals surface area contributed by atoms with Gasteiger partial charge in [-0.25, -0.2) is 0 Å². The molecule has 1 aromatic rings. The Labute approximate surface area is 101 Å². The van der Waals surface area contributed by atoms with Crippen LogP contribution in [0.15, 0.2) is 24.5 Å². The van der Waals surface area contributed by atoms with Crippen LogP contribution in [0.25, 0.3) is 0 Å². The second-order valence-electron chi connectivity index (χ2n) is 3.97. The zero-order valence-electron chi connectivity index (χ0n) is 9.30. The van der Waals surface area contributed by atoms with Gasteiger partial charge >= 0.3 is 0 Å². The molecular formula is C13H16N2S. The smallest absolute Gasteiger partial charge is 0.0601 e. The Morgan fingerprint density at radius 3 is 2.75 bits per heavy atom. The molecule has 0 amide bonds. The molecule has 16 heavy (non-hydrogen) atoms. The summed E-state index contributed by atoms with van der Waals surface area (Å²) >= 11 is 2.00. The van der Waals surface area contributed by atoms with Crippen LogP contribution >= 0.6 is 11.8 Å². The van der Waals surface area contributed by atoms with E-state index in [0.717, 1.165) is 19.5 Å². The SMILES string of the molecule is C#CCN(CCc1ccncc1)C1CSC1. The lowest BCUT2D eigenvalue weighted by atomic mass is 10.1. The Morgan fingerprint density at radius 2 is 2.19 bits per heavy atom. The first-order chi connectivity index (χ1) is 7.90. The van der Waals surface area contributed by atoms with Gasteiger partial charge in [-0.3, -0.25) is 9.88 Å². The second kappa shape index (κ2) is 5.93. The third-order valence-electron chi connectivity index (χ3n) is 2.87. The molecular weight excluding hydrogens is 216 g/mol. The van der Waals surface area contributed by atoms with E-state index in [4.69, 9.17) is 6.42 Å². The highest BCUT2D eigenvalue weighted by atomic mass is 32.2. The third kappa shape index (κ3) is 3.01. The number of pyridine rings is 1. The molecule has 0 N–H and O–H groups in total. The number of rotatable bonds is 5. The molecule has 1 aliphatic heterocycles. The van der Waals surface area contributed by atoms with Gasteiger partial charge in [0.1, 0.15) is 0 Å². The standard InChI is InChI=1S/C13H16N2S/c1-2-8-15(13-10-16-11-13)9-5-12-3-6-14-7-4-12/h1,3-4,6-7,13H,5,8-11H2. The monoisotopic (exact) mass is 232 g/mol. The van der Waals surface area contributed by atoms with E-state index in [-0.39, 0.29) is 0 Å². The van der Waals surface area contributed by atoms with Gasteiger partial charge in [0, 0.05) is 36.5 Å². The molecule has 0 aromatic carbocycles. The van der Waals surface area contributed by atoms with Crippen LogP contribution in [0.1, 0.15) is 5.56 Å². The predicted octanol–water partition coefficient (Wildman–Crippen LogP) is 1.67. The summed E-state index contributed by atoms with van der Waals surface area (Å²) in [5.41, 5.74) is 1.34. The lowest BCUT2D eigenvalue weighted by Gasteiger charge is -2.35. The van der Waals surface area contributed by atoms with E-state index in [1.807, 2.05) is 24.2 Å². The molecule has 1 saturated heterocycles. The Balaban J connectivity index is 1.84. The van der Waals surface area contributed by atoms with Crippen molar-refractivity contribution in [3.8, 4) is 12.3 Å². The topological polar surface area (TPSA) is 16.1 Å². The van der Waals surface area contributed by atoms with Crippen molar-refractivity contribution >= 4 is 11.8 Å². The first-order valence-electron chi connectivity index (χ1n) is 5.54. The molecule has 0 radical (unpaired) electrons. The summed E-state index contributed by atoms with van der Waals surface area (Å²) in [5.74, 6) is 5.23. The molecule has 0 unspecified atom stereocenters. The number of nitrogens with zero attached hydrogens (tertiary/aromatic N) is 2. The first kappa shape index (κ1) is 11.5. The number of terminal acetylenes is 1. The minimum absolute atomic E-state index is 0.697. The van der Waals surface area contributed by atoms with E-state index < -0.39 is 0 Å². The van der Waals surface area contributed by atoms with Gasteiger partial charge in [0.2, 0.25) is 0 Å². The van der Waals surface area contributed by atoms with Crippen LogP contribution in [0, 0.1) is 12.3 Å². The molecule has 84 valence electrons. The molecule has 1 fully saturated rings. The molecule has 2 heterocycles. The highest BCUT2D eigenvalue weighted by molar-refractivity contribution is 8.00. The van der Waals surface area contributed by atoms with E-state index in [1.54, 1.807) is 0 Å². The van der Waals surface area contributed by atoms with E-state index in [2.05, 4.69) is 27.9 Å². The summed E-state index contributed by atoms with van der Waals surface area (Å²) in [4.78, 5) is 6.44. The van der Waals surface area contributed by atoms with Gasteiger partial charge < -0.3 is 0 Å². The fourth-order valence-electron chi connectivity index (χ4n) is 1.76. The molecule has 2 rings (SSSR count). The van der Waals surface area contributed by atoms with E-state index >= 15 is 0 Å². The van der Waals surface area contributed by atoms with Crippen molar-refractivity contribution in [1.29, 1.82) is 0 Å². The van der Waals surface area contributed by atoms with Crippen molar-refractivity contribution in [2.75, 3.05) is 24.6 Å². The number of thioether (sulfide) groups is 1. The van der Waals surface area contributed by atoms with Crippen molar-refractivity contribution < 1.29 is 0 Å². The average Bonchev–Trinajstić information content (AvgIpc) is 2.25. The molecule has 0 aliphatic carbocycles. The summed E-state index contributed by atoms with van der Waals surface area (Å²) in [6.45, 7) is 1.83. The Hall–Kier alpha value is -0.980. The maximum Gasteiger partial charge on any atom is 0.0601 e. The lowest BCUT2D eigenvalue weighted by molar-refractivity contribution is 0.251. The predicted molar refractivity (Wildman–Crippen MR) is 69.5 cm³/mol. The van der Waals surface area contributed by atoms with Crippen LogP contribution in [-0.2, 0) is 6.42 Å². The van der Waals surface area contributed by atoms with Gasteiger partial charge in [0.05, 0.1) is 6.54 Å². The minimum atomic E-state index is 0.697. The molecule has 0 saturated carbocycles. The zero-order chi connectivity index (χ0) is 11.2. The van der Waals surface area contributed by atoms with Crippen molar-refractivity contribution in [1.82, 2.24) is 9.88 Å². The number of aromatic nitrogens is 1. The summed E-state index contributed by atoms with van der Waals surface area (Å²) < 4.78 is 0. The van der Waals surface area contributed by atoms with Crippen LogP contribution in [0.3, 0.4) is 0 Å². The van der Waals surface area contributed by atoms with Crippen LogP contribution in [0.2, 0.25) is 0 Å². The summed E-state index contributed by atoms with van der Waals surface area (Å²) in [7, 11) is 0. The van der Waals surface area contributed by atoms with E-state index in [9.17, 15) is 0 Å². The van der Waals surface area contributed by atoms with Crippen molar-refractivity contribution in [2.45, 2.75) is 12.5 Å². The van der Waals surface area contributed by atoms with Crippen LogP contribution in [0.4, 0.5) is 0 Å². The third-order valence-corrected chi connectivity index (χ3v) is 4.11. The van der Waals surface area contributed by atoms with Crippen LogP contribution < -0.4 is 0 Å². The van der Waals surface area contributed by atoms with Gasteiger partial charge in [-0.2, -0.15) is 11.8 Å². The quantitative estimate of drug-likeness (QED) is 0.719. The fraction of sp³-hybridized carbons (Fsp3) is 0.462. The normalized spacial score (nSPS) is 15.8. The van der Waals surface area contributed by atoms with Crippen molar-refractivity contribution in [2.24, 2.45) is 0 Å². The van der Waals surface area contributed by atoms with Crippen molar-refractivity contribution in [3.05, 3.63) is 30.1 Å². The minimum Gasteiger partial charge on any atom is -0.287 e. The molecule has 2 nitrogen and oxygen atoms in total. The largest absolute Gasteiger partial charge is 0.287 e. The Morgan fingerprint density at radius 1 is 1.44 bits per heavy atom. The number of hydrogen-bond acceptors (Lipinski definition) is 3. The lowest BCUT2D eigenvalue weighted by Crippen LogP contribution is -2.45. The second-order valence-corrected chi connectivity index (χ2v) is 5.05. The maximum absolute atomic E-state index is 5.41. The Kier molecular flexibility index (Phi) is 4.26. The molecule has 0 spiro atoms. The van der Waals surface area contributed by atoms with E-state index in [1.165, 1.54) is 17.1 Å². The first-order valence-corrected chi connectivity index (χ1v) is 6.70. The fourth-order valence-corrected chi connectivity index (χ4v) is 2.63. The van der Waals surface area contributed by atoms with Crippen LogP contribution in [-0.4, -0.2) is 40.5 Å². The maximum atomic E-state index is 5.41. The van der Waals surface area contributed by atoms with Crippen LogP contribution in [0.5, 0.6) is 0 Å². The Bertz CT molecular complexity index is 354. The molecule has 3 heteroatoms. The summed E-state index contributed by atoms with van der Waals surface area (Å²) in [6, 6.07) is 4.84. The number of hydrogen-bond donors (Lipinski definition) is 0. The average molecular weight is 232 g/mol. The summed E-state index contributed by atoms with van der Waals surface area (Å²) in [5, 5.41) is 0. The molecule has 0 bridgehead atoms. The van der Waals surface area contributed by atoms with Gasteiger partial charge in [-0.05, 0) is 24.1 Å². The van der Waals surface area contributed by atoms with E-state index in [0.29, 0.717) is 6.04 Å². The van der Waals surface area contributed by atoms with Gasteiger partial charge in [0.25, 0.3) is 0 Å². The molecule has 1 aliphatic rings. The zero-order valence-corrected chi connectivity index (χ0v) is 10.1.